The van der Waals surface area contributed by atoms with Crippen molar-refractivity contribution >= 4 is 27.6 Å². The van der Waals surface area contributed by atoms with Gasteiger partial charge in [0.1, 0.15) is 0 Å². The lowest BCUT2D eigenvalue weighted by molar-refractivity contribution is -0.120. The van der Waals surface area contributed by atoms with E-state index in [9.17, 15) is 18.0 Å². The van der Waals surface area contributed by atoms with Crippen molar-refractivity contribution in [3.05, 3.63) is 59.7 Å². The largest absolute Gasteiger partial charge is 0.465 e. The Labute approximate surface area is 170 Å². The number of nitrogens with one attached hydrogen (secondary N) is 1. The van der Waals surface area contributed by atoms with Crippen LogP contribution in [0.4, 0.5) is 5.69 Å². The number of anilines is 1. The molecule has 3 rings (SSSR count). The van der Waals surface area contributed by atoms with Gasteiger partial charge in [0.15, 0.2) is 0 Å². The maximum atomic E-state index is 12.7. The van der Waals surface area contributed by atoms with E-state index in [-0.39, 0.29) is 29.8 Å². The second-order valence-corrected chi connectivity index (χ2v) is 8.89. The number of hydrogen-bond donors (Lipinski definition) is 1. The van der Waals surface area contributed by atoms with Crippen LogP contribution in [0.15, 0.2) is 53.4 Å². The fourth-order valence-corrected chi connectivity index (χ4v) is 4.93. The predicted octanol–water partition coefficient (Wildman–Crippen LogP) is 2.82. The summed E-state index contributed by atoms with van der Waals surface area (Å²) in [7, 11) is -2.23. The molecule has 2 aromatic carbocycles. The van der Waals surface area contributed by atoms with Crippen molar-refractivity contribution in [3.8, 4) is 0 Å². The number of methoxy groups -OCH3 is 1. The van der Waals surface area contributed by atoms with Gasteiger partial charge in [-0.3, -0.25) is 4.79 Å². The average Bonchev–Trinajstić information content (AvgIpc) is 2.75. The first-order chi connectivity index (χ1) is 13.8. The number of esters is 1. The van der Waals surface area contributed by atoms with E-state index in [0.717, 1.165) is 0 Å². The van der Waals surface area contributed by atoms with Gasteiger partial charge in [-0.2, -0.15) is 4.31 Å². The van der Waals surface area contributed by atoms with Crippen LogP contribution in [0, 0.1) is 12.8 Å². The normalized spacial score (nSPS) is 15.7. The molecule has 0 bridgehead atoms. The van der Waals surface area contributed by atoms with Crippen LogP contribution >= 0.6 is 0 Å². The van der Waals surface area contributed by atoms with Gasteiger partial charge in [0.05, 0.1) is 17.6 Å². The molecule has 0 spiro atoms. The van der Waals surface area contributed by atoms with Crippen LogP contribution < -0.4 is 5.32 Å². The summed E-state index contributed by atoms with van der Waals surface area (Å²) in [5.74, 6) is -0.927. The molecular formula is C21H24N2O5S. The van der Waals surface area contributed by atoms with Crippen molar-refractivity contribution in [1.29, 1.82) is 0 Å². The van der Waals surface area contributed by atoms with E-state index in [1.807, 2.05) is 0 Å². The Morgan fingerprint density at radius 2 is 1.69 bits per heavy atom. The lowest BCUT2D eigenvalue weighted by Crippen LogP contribution is -2.41. The molecule has 29 heavy (non-hydrogen) atoms. The Morgan fingerprint density at radius 1 is 1.03 bits per heavy atom. The van der Waals surface area contributed by atoms with Crippen LogP contribution in [-0.4, -0.2) is 44.8 Å². The molecule has 1 N–H and O–H groups in total. The van der Waals surface area contributed by atoms with E-state index in [0.29, 0.717) is 29.7 Å². The van der Waals surface area contributed by atoms with E-state index >= 15 is 0 Å². The third-order valence-corrected chi connectivity index (χ3v) is 7.12. The number of carbonyl (C=O) groups is 2. The first-order valence-corrected chi connectivity index (χ1v) is 10.8. The number of rotatable bonds is 5. The molecule has 0 atom stereocenters. The highest BCUT2D eigenvalue weighted by atomic mass is 32.2. The number of benzene rings is 2. The van der Waals surface area contributed by atoms with Gasteiger partial charge < -0.3 is 10.1 Å². The van der Waals surface area contributed by atoms with Gasteiger partial charge in [-0.1, -0.05) is 24.3 Å². The molecule has 1 aliphatic heterocycles. The standard InChI is InChI=1S/C21H24N2O5S/c1-15-18(21(25)28-2)9-6-10-19(15)22-20(24)16-11-13-23(14-12-16)29(26,27)17-7-4-3-5-8-17/h3-10,16H,11-14H2,1-2H3,(H,22,24). The van der Waals surface area contributed by atoms with E-state index < -0.39 is 16.0 Å². The van der Waals surface area contributed by atoms with Gasteiger partial charge in [0.25, 0.3) is 0 Å². The highest BCUT2D eigenvalue weighted by molar-refractivity contribution is 7.89. The number of ether oxygens (including phenoxy) is 1. The molecule has 1 amide bonds. The zero-order chi connectivity index (χ0) is 21.0. The monoisotopic (exact) mass is 416 g/mol. The van der Waals surface area contributed by atoms with Crippen molar-refractivity contribution < 1.29 is 22.7 Å². The summed E-state index contributed by atoms with van der Waals surface area (Å²) in [5, 5.41) is 2.87. The van der Waals surface area contributed by atoms with Crippen LogP contribution in [0.2, 0.25) is 0 Å². The molecule has 0 saturated carbocycles. The van der Waals surface area contributed by atoms with Gasteiger partial charge in [-0.05, 0) is 49.6 Å². The van der Waals surface area contributed by atoms with Crippen LogP contribution in [-0.2, 0) is 19.6 Å². The molecule has 8 heteroatoms. The summed E-state index contributed by atoms with van der Waals surface area (Å²) in [6, 6.07) is 13.4. The van der Waals surface area contributed by atoms with Crippen molar-refractivity contribution in [2.24, 2.45) is 5.92 Å². The number of hydrogen-bond acceptors (Lipinski definition) is 5. The molecule has 0 radical (unpaired) electrons. The molecule has 0 unspecified atom stereocenters. The Balaban J connectivity index is 1.65. The zero-order valence-electron chi connectivity index (χ0n) is 16.4. The number of carbonyl (C=O) groups excluding carboxylic acids is 2. The van der Waals surface area contributed by atoms with Crippen LogP contribution in [0.5, 0.6) is 0 Å². The summed E-state index contributed by atoms with van der Waals surface area (Å²) in [5.41, 5.74) is 1.59. The van der Waals surface area contributed by atoms with Gasteiger partial charge >= 0.3 is 5.97 Å². The van der Waals surface area contributed by atoms with Gasteiger partial charge in [0.2, 0.25) is 15.9 Å². The van der Waals surface area contributed by atoms with Gasteiger partial charge in [0, 0.05) is 24.7 Å². The second kappa shape index (κ2) is 8.75. The van der Waals surface area contributed by atoms with E-state index in [1.54, 1.807) is 55.5 Å². The molecule has 7 nitrogen and oxygen atoms in total. The van der Waals surface area contributed by atoms with Crippen molar-refractivity contribution in [2.45, 2.75) is 24.7 Å². The molecular weight excluding hydrogens is 392 g/mol. The van der Waals surface area contributed by atoms with Crippen molar-refractivity contribution in [3.63, 3.8) is 0 Å². The minimum Gasteiger partial charge on any atom is -0.465 e. The number of nitrogens with zero attached hydrogens (tertiary/aromatic N) is 1. The topological polar surface area (TPSA) is 92.8 Å². The van der Waals surface area contributed by atoms with Crippen molar-refractivity contribution in [1.82, 2.24) is 4.31 Å². The molecule has 154 valence electrons. The molecule has 0 aliphatic carbocycles. The highest BCUT2D eigenvalue weighted by Crippen LogP contribution is 2.26. The molecule has 1 saturated heterocycles. The maximum absolute atomic E-state index is 12.7. The van der Waals surface area contributed by atoms with Crippen LogP contribution in [0.1, 0.15) is 28.8 Å². The zero-order valence-corrected chi connectivity index (χ0v) is 17.2. The van der Waals surface area contributed by atoms with Gasteiger partial charge in [-0.25, -0.2) is 13.2 Å². The number of piperidine rings is 1. The van der Waals surface area contributed by atoms with Crippen LogP contribution in [0.3, 0.4) is 0 Å². The first kappa shape index (κ1) is 21.0. The summed E-state index contributed by atoms with van der Waals surface area (Å²) in [6.07, 6.45) is 0.876. The Morgan fingerprint density at radius 3 is 2.31 bits per heavy atom. The van der Waals surface area contributed by atoms with E-state index in [4.69, 9.17) is 4.74 Å². The third-order valence-electron chi connectivity index (χ3n) is 5.20. The second-order valence-electron chi connectivity index (χ2n) is 6.95. The number of amides is 1. The molecule has 1 fully saturated rings. The summed E-state index contributed by atoms with van der Waals surface area (Å²) >= 11 is 0. The highest BCUT2D eigenvalue weighted by Gasteiger charge is 2.32. The molecule has 2 aromatic rings. The summed E-state index contributed by atoms with van der Waals surface area (Å²) in [4.78, 5) is 24.8. The van der Waals surface area contributed by atoms with E-state index in [1.165, 1.54) is 11.4 Å². The number of sulfonamides is 1. The molecule has 0 aromatic heterocycles. The SMILES string of the molecule is COC(=O)c1cccc(NC(=O)C2CCN(S(=O)(=O)c3ccccc3)CC2)c1C. The first-order valence-electron chi connectivity index (χ1n) is 9.38. The van der Waals surface area contributed by atoms with Crippen molar-refractivity contribution in [2.75, 3.05) is 25.5 Å². The lowest BCUT2D eigenvalue weighted by Gasteiger charge is -2.30. The van der Waals surface area contributed by atoms with E-state index in [2.05, 4.69) is 5.32 Å². The summed E-state index contributed by atoms with van der Waals surface area (Å²) < 4.78 is 31.6. The van der Waals surface area contributed by atoms with Gasteiger partial charge in [-0.15, -0.1) is 0 Å². The smallest absolute Gasteiger partial charge is 0.338 e. The van der Waals surface area contributed by atoms with Crippen LogP contribution in [0.25, 0.3) is 0 Å². The average molecular weight is 416 g/mol. The summed E-state index contributed by atoms with van der Waals surface area (Å²) in [6.45, 7) is 2.32. The quantitative estimate of drug-likeness (QED) is 0.757. The predicted molar refractivity (Wildman–Crippen MR) is 109 cm³/mol. The molecule has 1 aliphatic rings. The fraction of sp³-hybridized carbons (Fsp3) is 0.333. The maximum Gasteiger partial charge on any atom is 0.338 e. The Hall–Kier alpha value is -2.71. The Kier molecular flexibility index (Phi) is 6.34. The fourth-order valence-electron chi connectivity index (χ4n) is 3.44. The third kappa shape index (κ3) is 4.49. The lowest BCUT2D eigenvalue weighted by atomic mass is 9.96. The molecule has 1 heterocycles. The minimum atomic E-state index is -3.54. The minimum absolute atomic E-state index is 0.174. The Bertz CT molecular complexity index is 997.